The van der Waals surface area contributed by atoms with Crippen LogP contribution < -0.4 is 5.19 Å². The summed E-state index contributed by atoms with van der Waals surface area (Å²) in [6, 6.07) is 12.4. The van der Waals surface area contributed by atoms with Crippen LogP contribution in [0, 0.1) is 6.92 Å². The summed E-state index contributed by atoms with van der Waals surface area (Å²) < 4.78 is 5.08. The fraction of sp³-hybridized carbons (Fsp3) is 0.333. The lowest BCUT2D eigenvalue weighted by atomic mass is 10.1. The number of ether oxygens (including phenoxy) is 1. The molecule has 116 valence electrons. The first-order chi connectivity index (χ1) is 10.3. The van der Waals surface area contributed by atoms with E-state index in [-0.39, 0.29) is 5.97 Å². The minimum absolute atomic E-state index is 0.356. The van der Waals surface area contributed by atoms with Gasteiger partial charge in [-0.05, 0) is 25.5 Å². The zero-order valence-electron chi connectivity index (χ0n) is 13.9. The SMILES string of the molecule is CCOC(=O)c1nc(-c2cccc([Si](C)(C)C)c2)ccc1C. The first kappa shape index (κ1) is 16.4. The molecule has 0 aliphatic heterocycles. The molecule has 0 fully saturated rings. The molecule has 1 aromatic heterocycles. The van der Waals surface area contributed by atoms with Crippen LogP contribution in [0.5, 0.6) is 0 Å². The normalized spacial score (nSPS) is 11.3. The summed E-state index contributed by atoms with van der Waals surface area (Å²) in [6.07, 6.45) is 0. The summed E-state index contributed by atoms with van der Waals surface area (Å²) in [6.45, 7) is 11.0. The third kappa shape index (κ3) is 3.63. The van der Waals surface area contributed by atoms with Crippen molar-refractivity contribution >= 4 is 19.2 Å². The van der Waals surface area contributed by atoms with E-state index in [0.717, 1.165) is 16.8 Å². The Bertz CT molecular complexity index is 690. The number of benzene rings is 1. The molecule has 0 atom stereocenters. The summed E-state index contributed by atoms with van der Waals surface area (Å²) >= 11 is 0. The maximum Gasteiger partial charge on any atom is 0.357 e. The third-order valence-electron chi connectivity index (χ3n) is 3.59. The van der Waals surface area contributed by atoms with Crippen molar-refractivity contribution in [1.82, 2.24) is 4.98 Å². The van der Waals surface area contributed by atoms with Gasteiger partial charge in [0.05, 0.1) is 20.4 Å². The van der Waals surface area contributed by atoms with Crippen LogP contribution in [0.3, 0.4) is 0 Å². The molecule has 0 saturated heterocycles. The molecule has 0 amide bonds. The van der Waals surface area contributed by atoms with Crippen LogP contribution in [0.2, 0.25) is 19.6 Å². The van der Waals surface area contributed by atoms with Gasteiger partial charge in [0, 0.05) is 5.56 Å². The number of rotatable bonds is 4. The van der Waals surface area contributed by atoms with Gasteiger partial charge in [0.25, 0.3) is 0 Å². The molecule has 2 aromatic rings. The monoisotopic (exact) mass is 313 g/mol. The fourth-order valence-corrected chi connectivity index (χ4v) is 3.43. The van der Waals surface area contributed by atoms with Gasteiger partial charge >= 0.3 is 5.97 Å². The lowest BCUT2D eigenvalue weighted by Crippen LogP contribution is -2.37. The first-order valence-corrected chi connectivity index (χ1v) is 11.1. The average Bonchev–Trinajstić information content (AvgIpc) is 2.47. The standard InChI is InChI=1S/C18H23NO2Si/c1-6-21-18(20)17-13(2)10-11-16(19-17)14-8-7-9-15(12-14)22(3,4)5/h7-12H,6H2,1-5H3. The average molecular weight is 313 g/mol. The summed E-state index contributed by atoms with van der Waals surface area (Å²) in [5, 5.41) is 1.38. The number of carbonyl (C=O) groups excluding carboxylic acids is 1. The highest BCUT2D eigenvalue weighted by molar-refractivity contribution is 6.88. The Kier molecular flexibility index (Phi) is 4.81. The summed E-state index contributed by atoms with van der Waals surface area (Å²) in [7, 11) is -1.38. The van der Waals surface area contributed by atoms with Gasteiger partial charge in [-0.3, -0.25) is 0 Å². The number of aromatic nitrogens is 1. The first-order valence-electron chi connectivity index (χ1n) is 7.58. The van der Waals surface area contributed by atoms with Crippen molar-refractivity contribution < 1.29 is 9.53 Å². The van der Waals surface area contributed by atoms with Crippen molar-refractivity contribution in [2.24, 2.45) is 0 Å². The second-order valence-electron chi connectivity index (χ2n) is 6.41. The van der Waals surface area contributed by atoms with E-state index in [1.165, 1.54) is 5.19 Å². The highest BCUT2D eigenvalue weighted by Gasteiger charge is 2.18. The Morgan fingerprint density at radius 3 is 2.55 bits per heavy atom. The molecule has 0 N–H and O–H groups in total. The van der Waals surface area contributed by atoms with Crippen molar-refractivity contribution in [3.63, 3.8) is 0 Å². The van der Waals surface area contributed by atoms with E-state index >= 15 is 0 Å². The van der Waals surface area contributed by atoms with Crippen molar-refractivity contribution in [3.8, 4) is 11.3 Å². The van der Waals surface area contributed by atoms with Gasteiger partial charge in [-0.15, -0.1) is 0 Å². The smallest absolute Gasteiger partial charge is 0.357 e. The van der Waals surface area contributed by atoms with E-state index in [0.29, 0.717) is 12.3 Å². The van der Waals surface area contributed by atoms with Gasteiger partial charge in [0.15, 0.2) is 5.69 Å². The summed E-state index contributed by atoms with van der Waals surface area (Å²) in [5.41, 5.74) is 3.10. The molecule has 22 heavy (non-hydrogen) atoms. The van der Waals surface area contributed by atoms with Crippen LogP contribution in [0.15, 0.2) is 36.4 Å². The molecular formula is C18H23NO2Si. The molecule has 0 radical (unpaired) electrons. The Hall–Kier alpha value is -1.94. The van der Waals surface area contributed by atoms with Crippen LogP contribution in [0.25, 0.3) is 11.3 Å². The second-order valence-corrected chi connectivity index (χ2v) is 11.5. The molecule has 2 rings (SSSR count). The molecule has 3 nitrogen and oxygen atoms in total. The van der Waals surface area contributed by atoms with Gasteiger partial charge in [0.2, 0.25) is 0 Å². The number of nitrogens with zero attached hydrogens (tertiary/aromatic N) is 1. The Labute approximate surface area is 133 Å². The van der Waals surface area contributed by atoms with E-state index in [4.69, 9.17) is 4.74 Å². The van der Waals surface area contributed by atoms with Crippen LogP contribution in [-0.2, 0) is 4.74 Å². The van der Waals surface area contributed by atoms with Crippen molar-refractivity contribution in [2.45, 2.75) is 33.5 Å². The van der Waals surface area contributed by atoms with Gasteiger partial charge in [-0.1, -0.05) is 55.2 Å². The minimum atomic E-state index is -1.38. The molecule has 1 heterocycles. The van der Waals surface area contributed by atoms with Crippen LogP contribution >= 0.6 is 0 Å². The molecule has 0 saturated carbocycles. The maximum atomic E-state index is 12.0. The lowest BCUT2D eigenvalue weighted by Gasteiger charge is -2.17. The Morgan fingerprint density at radius 1 is 1.18 bits per heavy atom. The number of carbonyl (C=O) groups is 1. The van der Waals surface area contributed by atoms with E-state index in [2.05, 4.69) is 42.8 Å². The molecule has 0 aliphatic rings. The van der Waals surface area contributed by atoms with Gasteiger partial charge in [-0.2, -0.15) is 0 Å². The molecule has 1 aromatic carbocycles. The van der Waals surface area contributed by atoms with E-state index in [1.54, 1.807) is 6.92 Å². The number of pyridine rings is 1. The zero-order valence-corrected chi connectivity index (χ0v) is 14.9. The maximum absolute atomic E-state index is 12.0. The molecule has 0 spiro atoms. The van der Waals surface area contributed by atoms with Crippen molar-refractivity contribution in [1.29, 1.82) is 0 Å². The predicted octanol–water partition coefficient (Wildman–Crippen LogP) is 3.78. The van der Waals surface area contributed by atoms with E-state index < -0.39 is 8.07 Å². The van der Waals surface area contributed by atoms with E-state index in [9.17, 15) is 4.79 Å². The molecular weight excluding hydrogens is 290 g/mol. The van der Waals surface area contributed by atoms with Gasteiger partial charge in [-0.25, -0.2) is 9.78 Å². The minimum Gasteiger partial charge on any atom is -0.461 e. The fourth-order valence-electron chi connectivity index (χ4n) is 2.24. The predicted molar refractivity (Wildman–Crippen MR) is 93.3 cm³/mol. The Balaban J connectivity index is 2.46. The third-order valence-corrected chi connectivity index (χ3v) is 5.63. The number of esters is 1. The quantitative estimate of drug-likeness (QED) is 0.637. The van der Waals surface area contributed by atoms with Gasteiger partial charge < -0.3 is 4.74 Å². The largest absolute Gasteiger partial charge is 0.461 e. The second kappa shape index (κ2) is 6.44. The zero-order chi connectivity index (χ0) is 16.3. The topological polar surface area (TPSA) is 39.2 Å². The van der Waals surface area contributed by atoms with Crippen molar-refractivity contribution in [3.05, 3.63) is 47.7 Å². The highest BCUT2D eigenvalue weighted by Crippen LogP contribution is 2.19. The summed E-state index contributed by atoms with van der Waals surface area (Å²) in [5.74, 6) is -0.358. The lowest BCUT2D eigenvalue weighted by molar-refractivity contribution is 0.0518. The molecule has 0 aliphatic carbocycles. The van der Waals surface area contributed by atoms with Crippen LogP contribution in [-0.4, -0.2) is 25.6 Å². The van der Waals surface area contributed by atoms with Gasteiger partial charge in [0.1, 0.15) is 0 Å². The molecule has 0 unspecified atom stereocenters. The Morgan fingerprint density at radius 2 is 1.91 bits per heavy atom. The van der Waals surface area contributed by atoms with Crippen molar-refractivity contribution in [2.75, 3.05) is 6.61 Å². The number of hydrogen-bond acceptors (Lipinski definition) is 3. The summed E-state index contributed by atoms with van der Waals surface area (Å²) in [4.78, 5) is 16.5. The van der Waals surface area contributed by atoms with Crippen LogP contribution in [0.4, 0.5) is 0 Å². The molecule has 0 bridgehead atoms. The number of aryl methyl sites for hydroxylation is 1. The van der Waals surface area contributed by atoms with Crippen LogP contribution in [0.1, 0.15) is 23.0 Å². The van der Waals surface area contributed by atoms with E-state index in [1.807, 2.05) is 25.1 Å². The highest BCUT2D eigenvalue weighted by atomic mass is 28.3. The number of hydrogen-bond donors (Lipinski definition) is 0. The molecule has 4 heteroatoms.